The van der Waals surface area contributed by atoms with Crippen molar-refractivity contribution in [2.24, 2.45) is 0 Å². The second-order valence-electron chi connectivity index (χ2n) is 6.84. The Labute approximate surface area is 154 Å². The van der Waals surface area contributed by atoms with Crippen LogP contribution in [-0.4, -0.2) is 51.9 Å². The summed E-state index contributed by atoms with van der Waals surface area (Å²) in [5.41, 5.74) is 4.02. The summed E-state index contributed by atoms with van der Waals surface area (Å²) in [6.07, 6.45) is 4.80. The van der Waals surface area contributed by atoms with Gasteiger partial charge in [0.05, 0.1) is 5.69 Å². The Kier molecular flexibility index (Phi) is 4.32. The van der Waals surface area contributed by atoms with Crippen LogP contribution in [0.3, 0.4) is 0 Å². The van der Waals surface area contributed by atoms with Gasteiger partial charge in [-0.05, 0) is 37.1 Å². The minimum absolute atomic E-state index is 0. The predicted molar refractivity (Wildman–Crippen MR) is 105 cm³/mol. The molecule has 0 saturated carbocycles. The van der Waals surface area contributed by atoms with Crippen molar-refractivity contribution in [2.75, 3.05) is 31.1 Å². The van der Waals surface area contributed by atoms with E-state index in [4.69, 9.17) is 4.98 Å². The van der Waals surface area contributed by atoms with E-state index < -0.39 is 0 Å². The van der Waals surface area contributed by atoms with Gasteiger partial charge in [-0.1, -0.05) is 6.07 Å². The van der Waals surface area contributed by atoms with Gasteiger partial charge in [-0.3, -0.25) is 4.79 Å². The zero-order chi connectivity index (χ0) is 18.1. The van der Waals surface area contributed by atoms with Gasteiger partial charge in [0.2, 0.25) is 5.91 Å². The number of nitrogens with one attached hydrogen (secondary N) is 1. The number of fused-ring (bicyclic) bond motifs is 1. The SMILES string of the molecule is CC(=O)N1CCCN(c2cccc(-c3c[nH]c4ncc(C)cc34)n2)CC1.[HH]. The van der Waals surface area contributed by atoms with Crippen molar-refractivity contribution in [3.63, 3.8) is 0 Å². The Hall–Kier alpha value is -2.89. The van der Waals surface area contributed by atoms with Gasteiger partial charge >= 0.3 is 0 Å². The van der Waals surface area contributed by atoms with Gasteiger partial charge in [0.25, 0.3) is 0 Å². The van der Waals surface area contributed by atoms with Crippen molar-refractivity contribution >= 4 is 22.8 Å². The van der Waals surface area contributed by atoms with Crippen molar-refractivity contribution in [1.29, 1.82) is 0 Å². The summed E-state index contributed by atoms with van der Waals surface area (Å²) in [4.78, 5) is 28.4. The Bertz CT molecular complexity index is 954. The van der Waals surface area contributed by atoms with Gasteiger partial charge < -0.3 is 14.8 Å². The van der Waals surface area contributed by atoms with Crippen molar-refractivity contribution in [3.05, 3.63) is 42.2 Å². The third-order valence-electron chi connectivity index (χ3n) is 4.94. The first-order chi connectivity index (χ1) is 12.6. The van der Waals surface area contributed by atoms with Gasteiger partial charge in [0.1, 0.15) is 11.5 Å². The fraction of sp³-hybridized carbons (Fsp3) is 0.350. The number of nitrogens with zero attached hydrogens (tertiary/aromatic N) is 4. The standard InChI is InChI=1S/C20H23N5O.H2/c1-14-11-16-17(13-22-20(16)21-12-14)18-5-3-6-19(23-18)25-8-4-7-24(9-10-25)15(2)26;/h3,5-6,11-13H,4,7-10H2,1-2H3,(H,21,22);1H. The second kappa shape index (κ2) is 6.78. The molecule has 6 heteroatoms. The third kappa shape index (κ3) is 3.14. The van der Waals surface area contributed by atoms with Gasteiger partial charge in [0.15, 0.2) is 0 Å². The molecule has 26 heavy (non-hydrogen) atoms. The van der Waals surface area contributed by atoms with Crippen molar-refractivity contribution in [3.8, 4) is 11.3 Å². The Morgan fingerprint density at radius 1 is 1.23 bits per heavy atom. The Morgan fingerprint density at radius 2 is 2.12 bits per heavy atom. The summed E-state index contributed by atoms with van der Waals surface area (Å²) < 4.78 is 0. The molecule has 0 bridgehead atoms. The highest BCUT2D eigenvalue weighted by Gasteiger charge is 2.18. The number of aryl methyl sites for hydroxylation is 1. The number of hydrogen-bond donors (Lipinski definition) is 1. The lowest BCUT2D eigenvalue weighted by Crippen LogP contribution is -2.33. The van der Waals surface area contributed by atoms with Crippen molar-refractivity contribution in [1.82, 2.24) is 19.9 Å². The second-order valence-corrected chi connectivity index (χ2v) is 6.84. The summed E-state index contributed by atoms with van der Waals surface area (Å²) >= 11 is 0. The molecule has 1 aliphatic rings. The van der Waals surface area contributed by atoms with Crippen LogP contribution < -0.4 is 4.90 Å². The summed E-state index contributed by atoms with van der Waals surface area (Å²) in [5, 5.41) is 1.09. The molecule has 1 aliphatic heterocycles. The van der Waals surface area contributed by atoms with E-state index in [9.17, 15) is 4.79 Å². The van der Waals surface area contributed by atoms with E-state index in [0.717, 1.165) is 66.3 Å². The lowest BCUT2D eigenvalue weighted by molar-refractivity contribution is -0.128. The Morgan fingerprint density at radius 3 is 2.96 bits per heavy atom. The molecular formula is C20H25N5O. The number of aromatic nitrogens is 3. The third-order valence-corrected chi connectivity index (χ3v) is 4.94. The van der Waals surface area contributed by atoms with E-state index in [0.29, 0.717) is 0 Å². The fourth-order valence-corrected chi connectivity index (χ4v) is 3.53. The molecule has 136 valence electrons. The number of pyridine rings is 2. The maximum Gasteiger partial charge on any atom is 0.219 e. The zero-order valence-corrected chi connectivity index (χ0v) is 15.2. The highest BCUT2D eigenvalue weighted by atomic mass is 16.2. The van der Waals surface area contributed by atoms with Crippen molar-refractivity contribution in [2.45, 2.75) is 20.3 Å². The van der Waals surface area contributed by atoms with E-state index in [1.165, 1.54) is 0 Å². The fourth-order valence-electron chi connectivity index (χ4n) is 3.53. The van der Waals surface area contributed by atoms with E-state index in [1.807, 2.05) is 42.4 Å². The van der Waals surface area contributed by atoms with E-state index >= 15 is 0 Å². The molecule has 4 rings (SSSR count). The number of aromatic amines is 1. The summed E-state index contributed by atoms with van der Waals surface area (Å²) in [7, 11) is 0. The first kappa shape index (κ1) is 16.6. The number of hydrogen-bond acceptors (Lipinski definition) is 4. The van der Waals surface area contributed by atoms with Crippen LogP contribution >= 0.6 is 0 Å². The predicted octanol–water partition coefficient (Wildman–Crippen LogP) is 3.24. The minimum Gasteiger partial charge on any atom is -0.355 e. The summed E-state index contributed by atoms with van der Waals surface area (Å²) in [6.45, 7) is 6.97. The quantitative estimate of drug-likeness (QED) is 0.770. The van der Waals surface area contributed by atoms with E-state index in [2.05, 4.69) is 20.9 Å². The van der Waals surface area contributed by atoms with Gasteiger partial charge in [-0.25, -0.2) is 9.97 Å². The minimum atomic E-state index is 0. The molecule has 1 amide bonds. The lowest BCUT2D eigenvalue weighted by Gasteiger charge is -2.22. The molecule has 0 unspecified atom stereocenters. The average molecular weight is 351 g/mol. The first-order valence-electron chi connectivity index (χ1n) is 9.03. The van der Waals surface area contributed by atoms with Gasteiger partial charge in [-0.2, -0.15) is 0 Å². The molecule has 1 N–H and O–H groups in total. The van der Waals surface area contributed by atoms with Crippen LogP contribution in [0.25, 0.3) is 22.3 Å². The molecule has 1 saturated heterocycles. The number of anilines is 1. The molecule has 0 aliphatic carbocycles. The molecule has 0 aromatic carbocycles. The van der Waals surface area contributed by atoms with Crippen LogP contribution in [0, 0.1) is 6.92 Å². The number of carbonyl (C=O) groups excluding carboxylic acids is 1. The van der Waals surface area contributed by atoms with Crippen LogP contribution in [0.5, 0.6) is 0 Å². The lowest BCUT2D eigenvalue weighted by atomic mass is 10.1. The number of carbonyl (C=O) groups is 1. The smallest absolute Gasteiger partial charge is 0.219 e. The largest absolute Gasteiger partial charge is 0.355 e. The average Bonchev–Trinajstić information content (AvgIpc) is 2.88. The van der Waals surface area contributed by atoms with E-state index in [-0.39, 0.29) is 7.33 Å². The number of amides is 1. The summed E-state index contributed by atoms with van der Waals surface area (Å²) in [6, 6.07) is 8.27. The molecular weight excluding hydrogens is 326 g/mol. The van der Waals surface area contributed by atoms with Crippen LogP contribution in [0.2, 0.25) is 0 Å². The topological polar surface area (TPSA) is 65.1 Å². The van der Waals surface area contributed by atoms with Crippen LogP contribution in [0.4, 0.5) is 5.82 Å². The normalized spacial score (nSPS) is 15.3. The van der Waals surface area contributed by atoms with Crippen LogP contribution in [0.1, 0.15) is 20.3 Å². The highest BCUT2D eigenvalue weighted by molar-refractivity contribution is 5.93. The number of rotatable bonds is 2. The maximum atomic E-state index is 11.6. The summed E-state index contributed by atoms with van der Waals surface area (Å²) in [5.74, 6) is 1.11. The monoisotopic (exact) mass is 351 g/mol. The first-order valence-corrected chi connectivity index (χ1v) is 9.03. The molecule has 3 aromatic heterocycles. The van der Waals surface area contributed by atoms with E-state index in [1.54, 1.807) is 6.92 Å². The molecule has 3 aromatic rings. The molecule has 0 radical (unpaired) electrons. The maximum absolute atomic E-state index is 11.6. The highest BCUT2D eigenvalue weighted by Crippen LogP contribution is 2.28. The molecule has 0 spiro atoms. The van der Waals surface area contributed by atoms with Gasteiger partial charge in [-0.15, -0.1) is 0 Å². The number of H-pyrrole nitrogens is 1. The van der Waals surface area contributed by atoms with Crippen LogP contribution in [0.15, 0.2) is 36.7 Å². The Balaban J connectivity index is 0.00000210. The molecule has 6 nitrogen and oxygen atoms in total. The zero-order valence-electron chi connectivity index (χ0n) is 15.2. The van der Waals surface area contributed by atoms with Crippen LogP contribution in [-0.2, 0) is 4.79 Å². The van der Waals surface area contributed by atoms with Crippen molar-refractivity contribution < 1.29 is 6.22 Å². The van der Waals surface area contributed by atoms with Gasteiger partial charge in [0, 0.05) is 57.9 Å². The molecule has 4 heterocycles. The molecule has 1 fully saturated rings. The molecule has 0 atom stereocenters.